The van der Waals surface area contributed by atoms with Crippen molar-refractivity contribution in [2.45, 2.75) is 9.79 Å². The molecule has 0 heterocycles. The van der Waals surface area contributed by atoms with Gasteiger partial charge in [-0.05, 0) is 138 Å². The average Bonchev–Trinajstić information content (AvgIpc) is 3.30. The van der Waals surface area contributed by atoms with E-state index < -0.39 is 7.26 Å². The highest BCUT2D eigenvalue weighted by atomic mass is 32.2. The molecule has 6 nitrogen and oxygen atoms in total. The van der Waals surface area contributed by atoms with E-state index >= 15 is 0 Å². The summed E-state index contributed by atoms with van der Waals surface area (Å²) in [4.78, 5) is 14.3. The molecule has 9 rings (SSSR count). The topological polar surface area (TPSA) is 113 Å². The Morgan fingerprint density at radius 1 is 0.426 bits per heavy atom. The number of amides is 1. The maximum absolute atomic E-state index is 12.2. The van der Waals surface area contributed by atoms with Gasteiger partial charge in [0, 0.05) is 21.0 Å². The molecule has 0 unspecified atom stereocenters. The van der Waals surface area contributed by atoms with Crippen LogP contribution in [-0.2, 0) is 0 Å². The maximum atomic E-state index is 12.2. The normalized spacial score (nSPS) is 10.7. The van der Waals surface area contributed by atoms with Crippen LogP contribution in [0.1, 0.15) is 10.4 Å². The Morgan fingerprint density at radius 3 is 1.20 bits per heavy atom. The summed E-state index contributed by atoms with van der Waals surface area (Å²) in [6, 6.07) is 73.6. The van der Waals surface area contributed by atoms with Crippen molar-refractivity contribution in [2.75, 3.05) is 5.32 Å². The van der Waals surface area contributed by atoms with Crippen molar-refractivity contribution in [1.29, 1.82) is 0 Å². The summed E-state index contributed by atoms with van der Waals surface area (Å²) in [5, 5.41) is 49.7. The molecule has 300 valence electrons. The summed E-state index contributed by atoms with van der Waals surface area (Å²) >= 11 is 1.58. The molecule has 0 radical (unpaired) electrons. The third-order valence-electron chi connectivity index (χ3n) is 9.70. The summed E-state index contributed by atoms with van der Waals surface area (Å²) in [6.45, 7) is 0. The molecule has 0 saturated carbocycles. The molecular formula is C53H42NO5PS. The Morgan fingerprint density at radius 2 is 0.770 bits per heavy atom. The van der Waals surface area contributed by atoms with Crippen LogP contribution < -0.4 is 31.6 Å². The van der Waals surface area contributed by atoms with Crippen LogP contribution in [0.3, 0.4) is 0 Å². The molecule has 4 N–H and O–H groups in total. The quantitative estimate of drug-likeness (QED) is 0.113. The predicted octanol–water partition coefficient (Wildman–Crippen LogP) is 10.4. The minimum absolute atomic E-state index is 0.160. The predicted molar refractivity (Wildman–Crippen MR) is 251 cm³/mol. The molecule has 8 heteroatoms. The minimum Gasteiger partial charge on any atom is -0.872 e. The van der Waals surface area contributed by atoms with Crippen LogP contribution in [0.15, 0.2) is 240 Å². The van der Waals surface area contributed by atoms with Crippen LogP contribution in [0, 0.1) is 0 Å². The zero-order valence-electron chi connectivity index (χ0n) is 33.0. The van der Waals surface area contributed by atoms with E-state index in [0.29, 0.717) is 11.4 Å². The van der Waals surface area contributed by atoms with Crippen molar-refractivity contribution < 1.29 is 25.2 Å². The first kappa shape index (κ1) is 41.8. The van der Waals surface area contributed by atoms with Crippen LogP contribution in [0.2, 0.25) is 0 Å². The fraction of sp³-hybridized carbons (Fsp3) is 0. The first-order valence-corrected chi connectivity index (χ1v) is 22.1. The van der Waals surface area contributed by atoms with Gasteiger partial charge in [-0.3, -0.25) is 4.79 Å². The van der Waals surface area contributed by atoms with Crippen LogP contribution in [-0.4, -0.2) is 21.2 Å². The Kier molecular flexibility index (Phi) is 13.8. The highest BCUT2D eigenvalue weighted by Crippen LogP contribution is 2.54. The molecule has 0 atom stereocenters. The van der Waals surface area contributed by atoms with Crippen molar-refractivity contribution in [3.05, 3.63) is 236 Å². The Labute approximate surface area is 360 Å². The smallest absolute Gasteiger partial charge is 0.255 e. The van der Waals surface area contributed by atoms with Gasteiger partial charge >= 0.3 is 0 Å². The highest BCUT2D eigenvalue weighted by molar-refractivity contribution is 8.01. The van der Waals surface area contributed by atoms with Gasteiger partial charge in [-0.25, -0.2) is 0 Å². The van der Waals surface area contributed by atoms with E-state index in [0.717, 1.165) is 20.6 Å². The number of carbonyl (C=O) groups is 1. The van der Waals surface area contributed by atoms with Gasteiger partial charge in [-0.2, -0.15) is 0 Å². The van der Waals surface area contributed by atoms with Crippen molar-refractivity contribution in [3.8, 4) is 23.0 Å². The standard InChI is InChI=1S/C24H19OP.C17H13NO2.C12H10O2S/c25-20-16-18-24(19-17-20)26(21-10-4-1-5-11-21,22-12-6-2-7-13-22)23-14-8-3-9-15-23;19-16-11-13-7-5-4-6-12(13)10-15(16)17(20)18-14-8-2-1-3-9-14;13-9-1-5-11(6-2-9)15-12-7-3-10(14)4-8-12/h1-19H;1-11,19H,(H,18,20);1-8,13-14H. The largest absolute Gasteiger partial charge is 0.872 e. The van der Waals surface area contributed by atoms with Gasteiger partial charge in [0.25, 0.3) is 5.91 Å². The second-order valence-electron chi connectivity index (χ2n) is 13.8. The van der Waals surface area contributed by atoms with Crippen LogP contribution in [0.25, 0.3) is 10.8 Å². The number of hydrogen-bond acceptors (Lipinski definition) is 6. The molecule has 1 amide bonds. The number of anilines is 1. The molecule has 0 aliphatic heterocycles. The third kappa shape index (κ3) is 10.5. The van der Waals surface area contributed by atoms with E-state index in [4.69, 9.17) is 10.2 Å². The summed E-state index contributed by atoms with van der Waals surface area (Å²) in [5.41, 5.74) is 0.831. The summed E-state index contributed by atoms with van der Waals surface area (Å²) in [6.07, 6.45) is 0. The molecular weight excluding hydrogens is 794 g/mol. The monoisotopic (exact) mass is 835 g/mol. The number of nitrogens with one attached hydrogen (secondary N) is 1. The highest BCUT2D eigenvalue weighted by Gasteiger charge is 2.47. The zero-order valence-corrected chi connectivity index (χ0v) is 34.7. The number of benzene rings is 9. The van der Waals surface area contributed by atoms with E-state index in [2.05, 4.69) is 108 Å². The molecule has 9 aromatic carbocycles. The summed E-state index contributed by atoms with van der Waals surface area (Å²) < 4.78 is 0. The number of rotatable bonds is 8. The summed E-state index contributed by atoms with van der Waals surface area (Å²) in [5.74, 6) is 0.181. The number of phenols is 3. The fourth-order valence-electron chi connectivity index (χ4n) is 6.81. The number of fused-ring (bicyclic) bond motifs is 1. The molecule has 61 heavy (non-hydrogen) atoms. The first-order chi connectivity index (χ1) is 29.8. The fourth-order valence-corrected chi connectivity index (χ4v) is 11.9. The van der Waals surface area contributed by atoms with Crippen LogP contribution >= 0.6 is 19.0 Å². The van der Waals surface area contributed by atoms with Gasteiger partial charge in [-0.15, -0.1) is 0 Å². The van der Waals surface area contributed by atoms with Crippen LogP contribution in [0.4, 0.5) is 5.69 Å². The molecule has 0 spiro atoms. The number of carbonyl (C=O) groups excluding carboxylic acids is 1. The number of phenolic OH excluding ortho intramolecular Hbond substituents is 3. The third-order valence-corrected chi connectivity index (χ3v) is 15.0. The van der Waals surface area contributed by atoms with Crippen molar-refractivity contribution in [1.82, 2.24) is 0 Å². The van der Waals surface area contributed by atoms with Gasteiger partial charge in [-0.1, -0.05) is 121 Å². The minimum atomic E-state index is -2.04. The van der Waals surface area contributed by atoms with Gasteiger partial charge in [0.15, 0.2) is 0 Å². The summed E-state index contributed by atoms with van der Waals surface area (Å²) in [7, 11) is -2.04. The van der Waals surface area contributed by atoms with Crippen molar-refractivity contribution >= 4 is 62.6 Å². The molecule has 0 bridgehead atoms. The lowest BCUT2D eigenvalue weighted by molar-refractivity contribution is -0.268. The van der Waals surface area contributed by atoms with Crippen molar-refractivity contribution in [3.63, 3.8) is 0 Å². The number of aromatic hydroxyl groups is 3. The van der Waals surface area contributed by atoms with Crippen LogP contribution in [0.5, 0.6) is 23.0 Å². The maximum Gasteiger partial charge on any atom is 0.255 e. The average molecular weight is 836 g/mol. The van der Waals surface area contributed by atoms with E-state index in [1.807, 2.05) is 66.7 Å². The van der Waals surface area contributed by atoms with Gasteiger partial charge in [0.1, 0.15) is 45.7 Å². The number of para-hydroxylation sites is 1. The van der Waals surface area contributed by atoms with E-state index in [1.165, 1.54) is 27.3 Å². The Hall–Kier alpha value is -7.31. The lowest BCUT2D eigenvalue weighted by Crippen LogP contribution is -2.38. The molecule has 0 fully saturated rings. The van der Waals surface area contributed by atoms with Gasteiger partial charge < -0.3 is 25.7 Å². The molecule has 0 saturated heterocycles. The van der Waals surface area contributed by atoms with E-state index in [9.17, 15) is 15.0 Å². The van der Waals surface area contributed by atoms with Crippen molar-refractivity contribution in [2.24, 2.45) is 0 Å². The second-order valence-corrected chi connectivity index (χ2v) is 18.4. The SMILES string of the molecule is O=C(Nc1ccccc1)c1cc2ccccc2cc1[O-].Oc1ccc(Sc2ccc(O)cc2)cc1.Oc1ccc([P+](c2ccccc2)(c2ccccc2)c2ccccc2)cc1. The Bertz CT molecular complexity index is 2630. The van der Waals surface area contributed by atoms with Gasteiger partial charge in [0.05, 0.1) is 0 Å². The zero-order chi connectivity index (χ0) is 42.4. The number of hydrogen-bond donors (Lipinski definition) is 4. The van der Waals surface area contributed by atoms with E-state index in [-0.39, 0.29) is 28.7 Å². The molecule has 0 aliphatic rings. The Balaban J connectivity index is 0.000000143. The van der Waals surface area contributed by atoms with Gasteiger partial charge in [0.2, 0.25) is 0 Å². The molecule has 0 aromatic heterocycles. The van der Waals surface area contributed by atoms with E-state index in [1.54, 1.807) is 66.4 Å². The molecule has 9 aromatic rings. The molecule has 0 aliphatic carbocycles. The first-order valence-electron chi connectivity index (χ1n) is 19.5. The second kappa shape index (κ2) is 20.1. The lowest BCUT2D eigenvalue weighted by atomic mass is 10.1. The lowest BCUT2D eigenvalue weighted by Gasteiger charge is -2.27.